The van der Waals surface area contributed by atoms with Crippen molar-refractivity contribution in [3.05, 3.63) is 243 Å². The van der Waals surface area contributed by atoms with Crippen LogP contribution >= 0.6 is 0 Å². The fourth-order valence-corrected chi connectivity index (χ4v) is 9.53. The smallest absolute Gasteiger partial charge is 0.135 e. The number of anilines is 3. The lowest BCUT2D eigenvalue weighted by Gasteiger charge is -2.29. The van der Waals surface area contributed by atoms with Gasteiger partial charge in [-0.1, -0.05) is 176 Å². The normalized spacial score (nSPS) is 11.5. The van der Waals surface area contributed by atoms with E-state index in [1.54, 1.807) is 0 Å². The van der Waals surface area contributed by atoms with Gasteiger partial charge < -0.3 is 13.9 Å². The van der Waals surface area contributed by atoms with E-state index >= 15 is 0 Å². The first kappa shape index (κ1) is 36.5. The van der Waals surface area contributed by atoms with E-state index < -0.39 is 0 Å². The van der Waals surface area contributed by atoms with E-state index in [1.165, 1.54) is 49.6 Å². The maximum absolute atomic E-state index is 6.33. The molecule has 0 saturated heterocycles. The van der Waals surface area contributed by atoms with E-state index in [0.717, 1.165) is 61.4 Å². The number of fused-ring (bicyclic) bond motifs is 6. The van der Waals surface area contributed by atoms with Gasteiger partial charge in [0.1, 0.15) is 11.2 Å². The number of nitrogens with zero attached hydrogens (tertiary/aromatic N) is 2. The van der Waals surface area contributed by atoms with Crippen LogP contribution in [0, 0.1) is 0 Å². The molecule has 12 aromatic rings. The lowest BCUT2D eigenvalue weighted by molar-refractivity contribution is 0.669. The molecule has 63 heavy (non-hydrogen) atoms. The summed E-state index contributed by atoms with van der Waals surface area (Å²) >= 11 is 0. The van der Waals surface area contributed by atoms with Gasteiger partial charge in [-0.15, -0.1) is 0 Å². The number of benzene rings is 10. The predicted octanol–water partition coefficient (Wildman–Crippen LogP) is 16.8. The maximum Gasteiger partial charge on any atom is 0.135 e. The van der Waals surface area contributed by atoms with Crippen molar-refractivity contribution >= 4 is 60.8 Å². The number of rotatable bonds is 8. The van der Waals surface area contributed by atoms with Crippen molar-refractivity contribution < 1.29 is 4.42 Å². The molecule has 0 amide bonds. The molecule has 3 heteroatoms. The molecule has 0 radical (unpaired) electrons. The number of aromatic nitrogens is 1. The summed E-state index contributed by atoms with van der Waals surface area (Å²) in [4.78, 5) is 2.40. The van der Waals surface area contributed by atoms with Gasteiger partial charge in [-0.25, -0.2) is 0 Å². The molecule has 0 aliphatic heterocycles. The molecule has 0 spiro atoms. The zero-order chi connectivity index (χ0) is 41.7. The van der Waals surface area contributed by atoms with Gasteiger partial charge in [0.05, 0.1) is 16.7 Å². The van der Waals surface area contributed by atoms with Crippen LogP contribution in [0.15, 0.2) is 247 Å². The van der Waals surface area contributed by atoms with Crippen LogP contribution in [0.5, 0.6) is 0 Å². The quantitative estimate of drug-likeness (QED) is 0.153. The third-order valence-electron chi connectivity index (χ3n) is 12.4. The molecule has 0 bridgehead atoms. The topological polar surface area (TPSA) is 21.3 Å². The van der Waals surface area contributed by atoms with Crippen LogP contribution in [0.2, 0.25) is 0 Å². The van der Waals surface area contributed by atoms with Gasteiger partial charge in [0.2, 0.25) is 0 Å². The Labute approximate surface area is 366 Å². The summed E-state index contributed by atoms with van der Waals surface area (Å²) < 4.78 is 8.72. The van der Waals surface area contributed by atoms with Gasteiger partial charge in [-0.2, -0.15) is 0 Å². The average Bonchev–Trinajstić information content (AvgIpc) is 3.90. The van der Waals surface area contributed by atoms with Gasteiger partial charge in [-0.3, -0.25) is 0 Å². The Balaban J connectivity index is 1.02. The molecular formula is C60H40N2O. The van der Waals surface area contributed by atoms with Crippen molar-refractivity contribution in [3.8, 4) is 50.2 Å². The van der Waals surface area contributed by atoms with Gasteiger partial charge in [0, 0.05) is 44.2 Å². The Morgan fingerprint density at radius 3 is 1.62 bits per heavy atom. The third-order valence-corrected chi connectivity index (χ3v) is 12.4. The van der Waals surface area contributed by atoms with Crippen molar-refractivity contribution in [1.82, 2.24) is 4.57 Å². The Hall–Kier alpha value is -8.40. The second-order valence-corrected chi connectivity index (χ2v) is 16.1. The molecule has 2 heterocycles. The molecule has 12 rings (SSSR count). The highest BCUT2D eigenvalue weighted by Crippen LogP contribution is 2.46. The van der Waals surface area contributed by atoms with Crippen molar-refractivity contribution in [2.75, 3.05) is 4.90 Å². The first-order valence-corrected chi connectivity index (χ1v) is 21.5. The van der Waals surface area contributed by atoms with E-state index in [1.807, 2.05) is 12.1 Å². The Morgan fingerprint density at radius 1 is 0.302 bits per heavy atom. The summed E-state index contributed by atoms with van der Waals surface area (Å²) in [6.45, 7) is 0. The Morgan fingerprint density at radius 2 is 0.841 bits per heavy atom. The molecule has 0 aliphatic rings. The van der Waals surface area contributed by atoms with Crippen molar-refractivity contribution in [1.29, 1.82) is 0 Å². The van der Waals surface area contributed by atoms with Gasteiger partial charge in [0.25, 0.3) is 0 Å². The zero-order valence-corrected chi connectivity index (χ0v) is 34.4. The van der Waals surface area contributed by atoms with Crippen LogP contribution in [0.1, 0.15) is 0 Å². The van der Waals surface area contributed by atoms with Crippen LogP contribution in [-0.4, -0.2) is 4.57 Å². The highest BCUT2D eigenvalue weighted by Gasteiger charge is 2.22. The van der Waals surface area contributed by atoms with Gasteiger partial charge in [-0.05, 0) is 106 Å². The maximum atomic E-state index is 6.33. The molecule has 10 aromatic carbocycles. The number of hydrogen-bond acceptors (Lipinski definition) is 2. The second kappa shape index (κ2) is 15.3. The number of para-hydroxylation sites is 4. The van der Waals surface area contributed by atoms with Gasteiger partial charge >= 0.3 is 0 Å². The first-order chi connectivity index (χ1) is 31.3. The fraction of sp³-hybridized carbons (Fsp3) is 0. The van der Waals surface area contributed by atoms with Crippen LogP contribution in [0.4, 0.5) is 17.1 Å². The van der Waals surface area contributed by atoms with Crippen molar-refractivity contribution in [3.63, 3.8) is 0 Å². The first-order valence-electron chi connectivity index (χ1n) is 21.5. The number of hydrogen-bond donors (Lipinski definition) is 0. The Kier molecular flexibility index (Phi) is 8.83. The molecule has 0 saturated carbocycles. The molecule has 0 unspecified atom stereocenters. The summed E-state index contributed by atoms with van der Waals surface area (Å²) in [6, 6.07) is 87.2. The van der Waals surface area contributed by atoms with Gasteiger partial charge in [0.15, 0.2) is 0 Å². The molecule has 296 valence electrons. The SMILES string of the molecule is c1ccc(-c2ccccc2-c2ccccc2-c2ccccc2N(c2ccc(-c3ccc4c5ccccc5n(-c5ccccc5)c4c3)cc2)c2ccc3oc4ccccc4c3c2)cc1. The van der Waals surface area contributed by atoms with Crippen LogP contribution in [-0.2, 0) is 0 Å². The van der Waals surface area contributed by atoms with Crippen LogP contribution in [0.3, 0.4) is 0 Å². The molecule has 2 aromatic heterocycles. The Bertz CT molecular complexity index is 3620. The van der Waals surface area contributed by atoms with E-state index in [4.69, 9.17) is 4.42 Å². The average molecular weight is 805 g/mol. The van der Waals surface area contributed by atoms with E-state index in [-0.39, 0.29) is 0 Å². The lowest BCUT2D eigenvalue weighted by atomic mass is 9.88. The molecule has 0 N–H and O–H groups in total. The van der Waals surface area contributed by atoms with E-state index in [0.29, 0.717) is 0 Å². The predicted molar refractivity (Wildman–Crippen MR) is 264 cm³/mol. The molecular weight excluding hydrogens is 765 g/mol. The van der Waals surface area contributed by atoms with E-state index in [2.05, 4.69) is 240 Å². The highest BCUT2D eigenvalue weighted by molar-refractivity contribution is 6.10. The third kappa shape index (κ3) is 6.29. The summed E-state index contributed by atoms with van der Waals surface area (Å²) in [7, 11) is 0. The monoisotopic (exact) mass is 804 g/mol. The minimum absolute atomic E-state index is 0.870. The minimum Gasteiger partial charge on any atom is -0.456 e. The summed E-state index contributed by atoms with van der Waals surface area (Å²) in [5.74, 6) is 0. The fourth-order valence-electron chi connectivity index (χ4n) is 9.53. The molecule has 3 nitrogen and oxygen atoms in total. The molecule has 0 fully saturated rings. The van der Waals surface area contributed by atoms with Crippen LogP contribution < -0.4 is 4.90 Å². The van der Waals surface area contributed by atoms with Crippen LogP contribution in [0.25, 0.3) is 93.9 Å². The molecule has 0 atom stereocenters. The van der Waals surface area contributed by atoms with E-state index in [9.17, 15) is 0 Å². The molecule has 0 aliphatic carbocycles. The highest BCUT2D eigenvalue weighted by atomic mass is 16.3. The summed E-state index contributed by atoms with van der Waals surface area (Å²) in [5.41, 5.74) is 17.9. The largest absolute Gasteiger partial charge is 0.456 e. The number of furan rings is 1. The summed E-state index contributed by atoms with van der Waals surface area (Å²) in [6.07, 6.45) is 0. The summed E-state index contributed by atoms with van der Waals surface area (Å²) in [5, 5.41) is 4.68. The minimum atomic E-state index is 0.870. The second-order valence-electron chi connectivity index (χ2n) is 16.1. The van der Waals surface area contributed by atoms with Crippen molar-refractivity contribution in [2.45, 2.75) is 0 Å². The lowest BCUT2D eigenvalue weighted by Crippen LogP contribution is -2.11. The van der Waals surface area contributed by atoms with Crippen molar-refractivity contribution in [2.24, 2.45) is 0 Å². The zero-order valence-electron chi connectivity index (χ0n) is 34.4. The standard InChI is InChI=1S/C60H40N2O/c1-3-17-42(18-4-1)47-21-7-8-22-48(47)49-23-9-10-24-50(49)51-25-11-14-28-56(51)61(46-36-38-60-55(40-46)54-27-13-16-30-59(54)63-60)45-34-31-41(32-35-45)43-33-37-53-52-26-12-15-29-57(52)62(58(53)39-43)44-19-5-2-6-20-44/h1-40H.